The van der Waals surface area contributed by atoms with E-state index in [1.807, 2.05) is 27.8 Å². The molecule has 1 aliphatic carbocycles. The molecule has 2 fully saturated rings. The van der Waals surface area contributed by atoms with Gasteiger partial charge in [-0.15, -0.1) is 0 Å². The van der Waals surface area contributed by atoms with Crippen LogP contribution >= 0.6 is 0 Å². The zero-order valence-electron chi connectivity index (χ0n) is 12.5. The van der Waals surface area contributed by atoms with E-state index >= 15 is 0 Å². The van der Waals surface area contributed by atoms with Gasteiger partial charge >= 0.3 is 6.09 Å². The maximum absolute atomic E-state index is 12.0. The predicted octanol–water partition coefficient (Wildman–Crippen LogP) is 1.81. The van der Waals surface area contributed by atoms with E-state index < -0.39 is 5.60 Å². The van der Waals surface area contributed by atoms with Crippen molar-refractivity contribution in [3.8, 4) is 0 Å². The van der Waals surface area contributed by atoms with Crippen LogP contribution in [-0.2, 0) is 9.47 Å². The molecule has 1 atom stereocenters. The van der Waals surface area contributed by atoms with Crippen molar-refractivity contribution in [1.82, 2.24) is 10.6 Å². The van der Waals surface area contributed by atoms with Crippen LogP contribution in [0.1, 0.15) is 46.5 Å². The fourth-order valence-electron chi connectivity index (χ4n) is 2.72. The molecule has 1 unspecified atom stereocenters. The first kappa shape index (κ1) is 14.6. The Bertz CT molecular complexity index is 339. The second-order valence-electron chi connectivity index (χ2n) is 6.92. The van der Waals surface area contributed by atoms with E-state index in [2.05, 4.69) is 10.6 Å². The number of carbonyl (C=O) groups excluding carboxylic acids is 1. The summed E-state index contributed by atoms with van der Waals surface area (Å²) in [4.78, 5) is 12.0. The molecule has 2 aliphatic rings. The molecule has 0 aromatic rings. The van der Waals surface area contributed by atoms with Crippen molar-refractivity contribution in [2.24, 2.45) is 0 Å². The van der Waals surface area contributed by atoms with E-state index in [0.717, 1.165) is 12.8 Å². The molecule has 110 valence electrons. The molecule has 1 saturated heterocycles. The Hall–Kier alpha value is -0.810. The lowest BCUT2D eigenvalue weighted by molar-refractivity contribution is 0.0423. The summed E-state index contributed by atoms with van der Waals surface area (Å²) in [6.45, 7) is 6.91. The molecule has 0 spiro atoms. The van der Waals surface area contributed by atoms with Crippen molar-refractivity contribution >= 4 is 6.09 Å². The number of amides is 1. The second-order valence-corrected chi connectivity index (χ2v) is 6.92. The lowest BCUT2D eigenvalue weighted by Gasteiger charge is -2.33. The zero-order chi connectivity index (χ0) is 14.1. The van der Waals surface area contributed by atoms with Crippen LogP contribution in [0, 0.1) is 0 Å². The highest BCUT2D eigenvalue weighted by Crippen LogP contribution is 2.43. The van der Waals surface area contributed by atoms with Gasteiger partial charge in [0.1, 0.15) is 5.60 Å². The monoisotopic (exact) mass is 270 g/mol. The molecule has 5 heteroatoms. The second kappa shape index (κ2) is 4.94. The molecule has 0 aromatic carbocycles. The highest BCUT2D eigenvalue weighted by atomic mass is 16.6. The molecule has 0 radical (unpaired) electrons. The van der Waals surface area contributed by atoms with E-state index in [0.29, 0.717) is 13.2 Å². The Morgan fingerprint density at radius 3 is 2.37 bits per heavy atom. The summed E-state index contributed by atoms with van der Waals surface area (Å²) >= 11 is 0. The normalized spacial score (nSPS) is 29.1. The molecular weight excluding hydrogens is 244 g/mol. The number of nitrogens with one attached hydrogen (secondary N) is 2. The third kappa shape index (κ3) is 3.83. The van der Waals surface area contributed by atoms with Gasteiger partial charge in [0.15, 0.2) is 0 Å². The summed E-state index contributed by atoms with van der Waals surface area (Å²) in [5.74, 6) is 0. The Morgan fingerprint density at radius 1 is 1.26 bits per heavy atom. The minimum Gasteiger partial charge on any atom is -0.444 e. The van der Waals surface area contributed by atoms with E-state index in [4.69, 9.17) is 9.47 Å². The fraction of sp³-hybridized carbons (Fsp3) is 0.929. The highest BCUT2D eigenvalue weighted by molar-refractivity contribution is 5.69. The van der Waals surface area contributed by atoms with Crippen molar-refractivity contribution < 1.29 is 14.3 Å². The van der Waals surface area contributed by atoms with Gasteiger partial charge in [-0.3, -0.25) is 0 Å². The standard InChI is InChI=1S/C14H26N2O3/c1-12(2,3)19-11(17)16-14(7-8-18-10-14)9-13(15-4)5-6-13/h15H,5-10H2,1-4H3,(H,16,17). The average molecular weight is 270 g/mol. The van der Waals surface area contributed by atoms with E-state index in [1.54, 1.807) is 0 Å². The number of ether oxygens (including phenoxy) is 2. The molecule has 19 heavy (non-hydrogen) atoms. The van der Waals surface area contributed by atoms with Gasteiger partial charge in [0.25, 0.3) is 0 Å². The Balaban J connectivity index is 1.98. The van der Waals surface area contributed by atoms with Crippen LogP contribution in [-0.4, -0.2) is 43.0 Å². The van der Waals surface area contributed by atoms with Crippen LogP contribution in [0.3, 0.4) is 0 Å². The average Bonchev–Trinajstić information content (AvgIpc) is 2.88. The van der Waals surface area contributed by atoms with Gasteiger partial charge in [-0.2, -0.15) is 0 Å². The van der Waals surface area contributed by atoms with Crippen LogP contribution in [0.4, 0.5) is 4.79 Å². The molecule has 0 aromatic heterocycles. The van der Waals surface area contributed by atoms with E-state index in [9.17, 15) is 4.79 Å². The topological polar surface area (TPSA) is 59.6 Å². The van der Waals surface area contributed by atoms with Gasteiger partial charge in [-0.05, 0) is 53.5 Å². The highest BCUT2D eigenvalue weighted by Gasteiger charge is 2.50. The maximum atomic E-state index is 12.0. The predicted molar refractivity (Wildman–Crippen MR) is 73.2 cm³/mol. The molecule has 2 rings (SSSR count). The number of alkyl carbamates (subject to hydrolysis) is 1. The molecule has 1 heterocycles. The zero-order valence-corrected chi connectivity index (χ0v) is 12.5. The fourth-order valence-corrected chi connectivity index (χ4v) is 2.72. The van der Waals surface area contributed by atoms with Gasteiger partial charge in [0, 0.05) is 12.1 Å². The minimum absolute atomic E-state index is 0.183. The summed E-state index contributed by atoms with van der Waals surface area (Å²) in [5, 5.41) is 6.43. The lowest BCUT2D eigenvalue weighted by Crippen LogP contribution is -2.54. The molecular formula is C14H26N2O3. The van der Waals surface area contributed by atoms with Crippen LogP contribution in [0.5, 0.6) is 0 Å². The van der Waals surface area contributed by atoms with Gasteiger partial charge in [-0.1, -0.05) is 0 Å². The summed E-state index contributed by atoms with van der Waals surface area (Å²) in [7, 11) is 1.99. The van der Waals surface area contributed by atoms with Crippen LogP contribution in [0.25, 0.3) is 0 Å². The SMILES string of the molecule is CNC1(CC2(NC(=O)OC(C)(C)C)CCOC2)CC1. The number of carbonyl (C=O) groups is 1. The molecule has 5 nitrogen and oxygen atoms in total. The molecule has 1 aliphatic heterocycles. The Kier molecular flexibility index (Phi) is 3.80. The van der Waals surface area contributed by atoms with E-state index in [1.165, 1.54) is 12.8 Å². The molecule has 0 bridgehead atoms. The first-order valence-electron chi connectivity index (χ1n) is 7.06. The first-order chi connectivity index (χ1) is 8.78. The Morgan fingerprint density at radius 2 is 1.95 bits per heavy atom. The van der Waals surface area contributed by atoms with Crippen LogP contribution < -0.4 is 10.6 Å². The number of hydrogen-bond acceptors (Lipinski definition) is 4. The van der Waals surface area contributed by atoms with Gasteiger partial charge in [0.05, 0.1) is 12.1 Å². The largest absolute Gasteiger partial charge is 0.444 e. The van der Waals surface area contributed by atoms with Crippen molar-refractivity contribution in [2.45, 2.75) is 63.1 Å². The Labute approximate surface area is 115 Å². The summed E-state index contributed by atoms with van der Waals surface area (Å²) in [6, 6.07) is 0. The van der Waals surface area contributed by atoms with Gasteiger partial charge in [-0.25, -0.2) is 4.79 Å². The van der Waals surface area contributed by atoms with Gasteiger partial charge < -0.3 is 20.1 Å². The molecule has 1 saturated carbocycles. The number of hydrogen-bond donors (Lipinski definition) is 2. The maximum Gasteiger partial charge on any atom is 0.408 e. The van der Waals surface area contributed by atoms with E-state index in [-0.39, 0.29) is 17.2 Å². The van der Waals surface area contributed by atoms with Crippen LogP contribution in [0.15, 0.2) is 0 Å². The lowest BCUT2D eigenvalue weighted by atomic mass is 9.89. The third-order valence-electron chi connectivity index (χ3n) is 3.93. The molecule has 2 N–H and O–H groups in total. The van der Waals surface area contributed by atoms with Crippen molar-refractivity contribution in [3.63, 3.8) is 0 Å². The van der Waals surface area contributed by atoms with Crippen molar-refractivity contribution in [3.05, 3.63) is 0 Å². The summed E-state index contributed by atoms with van der Waals surface area (Å²) in [6.07, 6.45) is 3.76. The minimum atomic E-state index is -0.467. The molecule has 1 amide bonds. The summed E-state index contributed by atoms with van der Waals surface area (Å²) in [5.41, 5.74) is -0.560. The van der Waals surface area contributed by atoms with Crippen LogP contribution in [0.2, 0.25) is 0 Å². The quantitative estimate of drug-likeness (QED) is 0.818. The van der Waals surface area contributed by atoms with Crippen molar-refractivity contribution in [2.75, 3.05) is 20.3 Å². The smallest absolute Gasteiger partial charge is 0.408 e. The third-order valence-corrected chi connectivity index (χ3v) is 3.93. The van der Waals surface area contributed by atoms with Crippen molar-refractivity contribution in [1.29, 1.82) is 0 Å². The first-order valence-corrected chi connectivity index (χ1v) is 7.06. The van der Waals surface area contributed by atoms with Gasteiger partial charge in [0.2, 0.25) is 0 Å². The summed E-state index contributed by atoms with van der Waals surface area (Å²) < 4.78 is 10.9. The number of rotatable bonds is 4.